The van der Waals surface area contributed by atoms with E-state index >= 15 is 0 Å². The number of halogens is 1. The lowest BCUT2D eigenvalue weighted by molar-refractivity contribution is 0.628. The molecule has 0 saturated heterocycles. The first-order valence-corrected chi connectivity index (χ1v) is 6.62. The van der Waals surface area contributed by atoms with Gasteiger partial charge in [-0.3, -0.25) is 0 Å². The molecule has 2 aromatic carbocycles. The largest absolute Gasteiger partial charge is 0.385 e. The van der Waals surface area contributed by atoms with Crippen molar-refractivity contribution in [3.8, 4) is 0 Å². The van der Waals surface area contributed by atoms with Gasteiger partial charge >= 0.3 is 0 Å². The molecule has 0 aliphatic rings. The van der Waals surface area contributed by atoms with Crippen LogP contribution in [0.2, 0.25) is 0 Å². The third-order valence-corrected chi connectivity index (χ3v) is 3.19. The average molecular weight is 262 g/mol. The van der Waals surface area contributed by atoms with Gasteiger partial charge in [-0.15, -0.1) is 0 Å². The van der Waals surface area contributed by atoms with Crippen LogP contribution < -0.4 is 10.0 Å². The lowest BCUT2D eigenvalue weighted by atomic mass is 10.3. The molecule has 0 heterocycles. The zero-order chi connectivity index (χ0) is 12.8. The van der Waals surface area contributed by atoms with E-state index in [2.05, 4.69) is 17.0 Å². The van der Waals surface area contributed by atoms with E-state index in [0.717, 1.165) is 22.8 Å². The Labute approximate surface area is 111 Å². The standard InChI is InChI=1S/C14H15FN2S/c1-2-16-12-6-8-14(9-7-12)18-17-13-5-3-4-11(15)10-13/h3-10,16-17H,2H2,1H3. The Morgan fingerprint density at radius 2 is 1.83 bits per heavy atom. The van der Waals surface area contributed by atoms with Crippen LogP contribution in [0.25, 0.3) is 0 Å². The van der Waals surface area contributed by atoms with Crippen LogP contribution in [0.15, 0.2) is 53.4 Å². The van der Waals surface area contributed by atoms with Crippen molar-refractivity contribution in [1.82, 2.24) is 0 Å². The van der Waals surface area contributed by atoms with Gasteiger partial charge in [0, 0.05) is 22.8 Å². The van der Waals surface area contributed by atoms with Crippen molar-refractivity contribution >= 4 is 23.3 Å². The molecule has 0 unspecified atom stereocenters. The van der Waals surface area contributed by atoms with Gasteiger partial charge in [0.2, 0.25) is 0 Å². The van der Waals surface area contributed by atoms with Gasteiger partial charge in [0.25, 0.3) is 0 Å². The fourth-order valence-corrected chi connectivity index (χ4v) is 2.15. The first-order chi connectivity index (χ1) is 8.78. The van der Waals surface area contributed by atoms with Crippen molar-refractivity contribution in [2.24, 2.45) is 0 Å². The minimum atomic E-state index is -0.233. The van der Waals surface area contributed by atoms with E-state index < -0.39 is 0 Å². The number of benzene rings is 2. The van der Waals surface area contributed by atoms with E-state index in [1.54, 1.807) is 6.07 Å². The van der Waals surface area contributed by atoms with Crippen molar-refractivity contribution in [3.05, 3.63) is 54.3 Å². The molecule has 94 valence electrons. The molecule has 0 radical (unpaired) electrons. The van der Waals surface area contributed by atoms with Crippen LogP contribution in [0.4, 0.5) is 15.8 Å². The molecule has 0 bridgehead atoms. The second-order valence-corrected chi connectivity index (χ2v) is 4.65. The van der Waals surface area contributed by atoms with Gasteiger partial charge in [-0.25, -0.2) is 4.39 Å². The number of nitrogens with one attached hydrogen (secondary N) is 2. The summed E-state index contributed by atoms with van der Waals surface area (Å²) in [5.41, 5.74) is 1.86. The van der Waals surface area contributed by atoms with E-state index in [4.69, 9.17) is 0 Å². The molecule has 2 aromatic rings. The molecule has 0 aromatic heterocycles. The second kappa shape index (κ2) is 6.31. The highest BCUT2D eigenvalue weighted by atomic mass is 32.2. The van der Waals surface area contributed by atoms with Crippen molar-refractivity contribution in [2.75, 3.05) is 16.6 Å². The van der Waals surface area contributed by atoms with Gasteiger partial charge in [0.15, 0.2) is 0 Å². The lowest BCUT2D eigenvalue weighted by Crippen LogP contribution is -1.95. The summed E-state index contributed by atoms with van der Waals surface area (Å²) in [6.45, 7) is 2.97. The summed E-state index contributed by atoms with van der Waals surface area (Å²) in [5, 5.41) is 3.24. The van der Waals surface area contributed by atoms with Gasteiger partial charge < -0.3 is 10.0 Å². The average Bonchev–Trinajstić information content (AvgIpc) is 2.38. The quantitative estimate of drug-likeness (QED) is 0.782. The second-order valence-electron chi connectivity index (χ2n) is 3.77. The predicted molar refractivity (Wildman–Crippen MR) is 76.5 cm³/mol. The van der Waals surface area contributed by atoms with E-state index in [-0.39, 0.29) is 5.82 Å². The SMILES string of the molecule is CCNc1ccc(SNc2cccc(F)c2)cc1. The number of anilines is 2. The molecule has 0 amide bonds. The molecular weight excluding hydrogens is 247 g/mol. The Morgan fingerprint density at radius 1 is 1.06 bits per heavy atom. The van der Waals surface area contributed by atoms with Crippen LogP contribution in [0, 0.1) is 5.82 Å². The van der Waals surface area contributed by atoms with Gasteiger partial charge in [-0.2, -0.15) is 0 Å². The molecule has 0 saturated carbocycles. The van der Waals surface area contributed by atoms with E-state index in [9.17, 15) is 4.39 Å². The van der Waals surface area contributed by atoms with Crippen molar-refractivity contribution < 1.29 is 4.39 Å². The predicted octanol–water partition coefficient (Wildman–Crippen LogP) is 4.38. The Hall–Kier alpha value is -1.68. The van der Waals surface area contributed by atoms with Gasteiger partial charge in [-0.05, 0) is 61.3 Å². The van der Waals surface area contributed by atoms with E-state index in [1.807, 2.05) is 30.3 Å². The maximum Gasteiger partial charge on any atom is 0.125 e. The molecule has 0 aliphatic carbocycles. The van der Waals surface area contributed by atoms with Crippen molar-refractivity contribution in [2.45, 2.75) is 11.8 Å². The summed E-state index contributed by atoms with van der Waals surface area (Å²) < 4.78 is 16.1. The summed E-state index contributed by atoms with van der Waals surface area (Å²) in [6.07, 6.45) is 0. The first kappa shape index (κ1) is 12.8. The molecule has 0 aliphatic heterocycles. The molecule has 2 nitrogen and oxygen atoms in total. The van der Waals surface area contributed by atoms with Crippen LogP contribution in [0.3, 0.4) is 0 Å². The highest BCUT2D eigenvalue weighted by Gasteiger charge is 1.97. The Balaban J connectivity index is 1.93. The molecule has 0 atom stereocenters. The normalized spacial score (nSPS) is 10.1. The van der Waals surface area contributed by atoms with E-state index in [0.29, 0.717) is 0 Å². The highest BCUT2D eigenvalue weighted by Crippen LogP contribution is 2.22. The van der Waals surface area contributed by atoms with Crippen LogP contribution in [0.1, 0.15) is 6.92 Å². The zero-order valence-corrected chi connectivity index (χ0v) is 10.9. The molecule has 0 spiro atoms. The molecule has 18 heavy (non-hydrogen) atoms. The number of rotatable bonds is 5. The summed E-state index contributed by atoms with van der Waals surface area (Å²) in [4.78, 5) is 1.08. The van der Waals surface area contributed by atoms with Crippen molar-refractivity contribution in [1.29, 1.82) is 0 Å². The smallest absolute Gasteiger partial charge is 0.125 e. The minimum Gasteiger partial charge on any atom is -0.385 e. The number of hydrogen-bond donors (Lipinski definition) is 2. The van der Waals surface area contributed by atoms with Crippen LogP contribution in [-0.2, 0) is 0 Å². The topological polar surface area (TPSA) is 24.1 Å². The van der Waals surface area contributed by atoms with Crippen LogP contribution in [-0.4, -0.2) is 6.54 Å². The molecule has 2 N–H and O–H groups in total. The first-order valence-electron chi connectivity index (χ1n) is 5.80. The lowest BCUT2D eigenvalue weighted by Gasteiger charge is -2.07. The Bertz CT molecular complexity index is 499. The molecule has 2 rings (SSSR count). The maximum atomic E-state index is 13.0. The minimum absolute atomic E-state index is 0.233. The fourth-order valence-electron chi connectivity index (χ4n) is 1.51. The zero-order valence-electron chi connectivity index (χ0n) is 10.1. The summed E-state index contributed by atoms with van der Waals surface area (Å²) in [6, 6.07) is 14.5. The summed E-state index contributed by atoms with van der Waals surface area (Å²) in [5.74, 6) is -0.233. The molecule has 4 heteroatoms. The Morgan fingerprint density at radius 3 is 2.50 bits per heavy atom. The van der Waals surface area contributed by atoms with Crippen molar-refractivity contribution in [3.63, 3.8) is 0 Å². The van der Waals surface area contributed by atoms with Gasteiger partial charge in [0.05, 0.1) is 0 Å². The highest BCUT2D eigenvalue weighted by molar-refractivity contribution is 8.00. The number of hydrogen-bond acceptors (Lipinski definition) is 3. The monoisotopic (exact) mass is 262 g/mol. The summed E-state index contributed by atoms with van der Waals surface area (Å²) >= 11 is 1.46. The maximum absolute atomic E-state index is 13.0. The molecule has 0 fully saturated rings. The fraction of sp³-hybridized carbons (Fsp3) is 0.143. The van der Waals surface area contributed by atoms with Gasteiger partial charge in [0.1, 0.15) is 5.82 Å². The van der Waals surface area contributed by atoms with Crippen LogP contribution in [0.5, 0.6) is 0 Å². The van der Waals surface area contributed by atoms with Crippen LogP contribution >= 0.6 is 11.9 Å². The third kappa shape index (κ3) is 3.67. The van der Waals surface area contributed by atoms with Gasteiger partial charge in [-0.1, -0.05) is 6.07 Å². The molecular formula is C14H15FN2S. The summed E-state index contributed by atoms with van der Waals surface area (Å²) in [7, 11) is 0. The Kier molecular flexibility index (Phi) is 4.47. The third-order valence-electron chi connectivity index (χ3n) is 2.35. The van der Waals surface area contributed by atoms with E-state index in [1.165, 1.54) is 24.1 Å².